The Labute approximate surface area is 99.7 Å². The molecule has 1 aromatic carbocycles. The van der Waals surface area contributed by atoms with E-state index in [1.54, 1.807) is 5.20 Å². The Morgan fingerprint density at radius 1 is 1.06 bits per heavy atom. The average molecular weight is 228 g/mol. The summed E-state index contributed by atoms with van der Waals surface area (Å²) in [6.07, 6.45) is 8.32. The van der Waals surface area contributed by atoms with Crippen LogP contribution in [-0.2, 0) is 6.42 Å². The zero-order valence-corrected chi connectivity index (χ0v) is 11.4. The minimum atomic E-state index is -1.11. The SMILES string of the molecule is C[Si](C)(C)C1=CC(Cc2ccccc2)C=C1. The van der Waals surface area contributed by atoms with Crippen LogP contribution in [0.3, 0.4) is 0 Å². The zero-order chi connectivity index (χ0) is 11.6. The molecule has 1 aliphatic carbocycles. The average Bonchev–Trinajstić information content (AvgIpc) is 2.67. The van der Waals surface area contributed by atoms with Crippen molar-refractivity contribution in [2.75, 3.05) is 0 Å². The van der Waals surface area contributed by atoms with Crippen molar-refractivity contribution in [2.24, 2.45) is 5.92 Å². The van der Waals surface area contributed by atoms with Gasteiger partial charge in [0.2, 0.25) is 0 Å². The molecule has 2 rings (SSSR count). The number of hydrogen-bond acceptors (Lipinski definition) is 0. The van der Waals surface area contributed by atoms with Crippen LogP contribution in [0, 0.1) is 5.92 Å². The Morgan fingerprint density at radius 3 is 2.31 bits per heavy atom. The predicted molar refractivity (Wildman–Crippen MR) is 74.2 cm³/mol. The number of benzene rings is 1. The van der Waals surface area contributed by atoms with Gasteiger partial charge in [-0.15, -0.1) is 0 Å². The van der Waals surface area contributed by atoms with Crippen molar-refractivity contribution in [3.63, 3.8) is 0 Å². The van der Waals surface area contributed by atoms with Crippen LogP contribution in [0.1, 0.15) is 5.56 Å². The summed E-state index contributed by atoms with van der Waals surface area (Å²) in [6.45, 7) is 7.23. The van der Waals surface area contributed by atoms with Crippen LogP contribution in [0.4, 0.5) is 0 Å². The largest absolute Gasteiger partial charge is 0.0780 e. The van der Waals surface area contributed by atoms with Crippen molar-refractivity contribution in [1.29, 1.82) is 0 Å². The first-order valence-corrected chi connectivity index (χ1v) is 9.50. The smallest absolute Gasteiger partial charge is 0.0771 e. The summed E-state index contributed by atoms with van der Waals surface area (Å²) >= 11 is 0. The molecular weight excluding hydrogens is 208 g/mol. The van der Waals surface area contributed by atoms with E-state index in [1.165, 1.54) is 5.56 Å². The molecule has 0 N–H and O–H groups in total. The van der Waals surface area contributed by atoms with Crippen LogP contribution in [0.15, 0.2) is 53.8 Å². The summed E-state index contributed by atoms with van der Waals surface area (Å²) in [5.74, 6) is 0.615. The van der Waals surface area contributed by atoms with E-state index in [4.69, 9.17) is 0 Å². The first-order valence-electron chi connectivity index (χ1n) is 6.00. The number of allylic oxidation sites excluding steroid dienone is 4. The van der Waals surface area contributed by atoms with Crippen molar-refractivity contribution in [3.8, 4) is 0 Å². The van der Waals surface area contributed by atoms with Gasteiger partial charge >= 0.3 is 0 Å². The molecule has 1 unspecified atom stereocenters. The first kappa shape index (κ1) is 11.4. The van der Waals surface area contributed by atoms with Gasteiger partial charge in [-0.3, -0.25) is 0 Å². The van der Waals surface area contributed by atoms with Crippen molar-refractivity contribution < 1.29 is 0 Å². The fraction of sp³-hybridized carbons (Fsp3) is 0.333. The van der Waals surface area contributed by atoms with Crippen LogP contribution < -0.4 is 0 Å². The Bertz CT molecular complexity index is 407. The van der Waals surface area contributed by atoms with Gasteiger partial charge < -0.3 is 0 Å². The molecule has 1 heteroatoms. The molecule has 0 spiro atoms. The third-order valence-electron chi connectivity index (χ3n) is 3.10. The standard InChI is InChI=1S/C15H20Si/c1-16(2,3)15-10-9-14(12-15)11-13-7-5-4-6-8-13/h4-10,12,14H,11H2,1-3H3. The minimum absolute atomic E-state index is 0.615. The van der Waals surface area contributed by atoms with Gasteiger partial charge in [-0.2, -0.15) is 0 Å². The van der Waals surface area contributed by atoms with Gasteiger partial charge in [0.05, 0.1) is 8.07 Å². The van der Waals surface area contributed by atoms with Gasteiger partial charge in [-0.1, -0.05) is 73.4 Å². The van der Waals surface area contributed by atoms with Crippen molar-refractivity contribution in [2.45, 2.75) is 26.1 Å². The number of rotatable bonds is 3. The molecule has 0 amide bonds. The maximum Gasteiger partial charge on any atom is 0.0771 e. The second kappa shape index (κ2) is 4.42. The molecule has 0 fully saturated rings. The normalized spacial score (nSPS) is 19.9. The minimum Gasteiger partial charge on any atom is -0.0780 e. The van der Waals surface area contributed by atoms with Crippen LogP contribution in [0.5, 0.6) is 0 Å². The highest BCUT2D eigenvalue weighted by Gasteiger charge is 2.21. The molecule has 1 aromatic rings. The molecule has 0 heterocycles. The van der Waals surface area contributed by atoms with E-state index in [-0.39, 0.29) is 0 Å². The predicted octanol–water partition coefficient (Wildman–Crippen LogP) is 4.22. The Morgan fingerprint density at radius 2 is 1.75 bits per heavy atom. The maximum atomic E-state index is 2.47. The third kappa shape index (κ3) is 2.73. The van der Waals surface area contributed by atoms with Crippen molar-refractivity contribution in [3.05, 3.63) is 59.3 Å². The summed E-state index contributed by atoms with van der Waals surface area (Å²) in [4.78, 5) is 0. The lowest BCUT2D eigenvalue weighted by Crippen LogP contribution is -2.22. The van der Waals surface area contributed by atoms with Crippen LogP contribution in [0.25, 0.3) is 0 Å². The monoisotopic (exact) mass is 228 g/mol. The summed E-state index contributed by atoms with van der Waals surface area (Å²) in [6, 6.07) is 10.8. The third-order valence-corrected chi connectivity index (χ3v) is 5.16. The fourth-order valence-electron chi connectivity index (χ4n) is 2.08. The summed E-state index contributed by atoms with van der Waals surface area (Å²) < 4.78 is 0. The molecule has 0 bridgehead atoms. The molecule has 0 saturated carbocycles. The molecule has 0 nitrogen and oxygen atoms in total. The second-order valence-corrected chi connectivity index (χ2v) is 10.7. The van der Waals surface area contributed by atoms with E-state index in [1.807, 2.05) is 0 Å². The molecule has 0 aliphatic heterocycles. The quantitative estimate of drug-likeness (QED) is 0.680. The Kier molecular flexibility index (Phi) is 3.15. The second-order valence-electron chi connectivity index (χ2n) is 5.58. The molecule has 16 heavy (non-hydrogen) atoms. The highest BCUT2D eigenvalue weighted by atomic mass is 28.3. The van der Waals surface area contributed by atoms with Gasteiger partial charge in [0.15, 0.2) is 0 Å². The first-order chi connectivity index (χ1) is 7.55. The lowest BCUT2D eigenvalue weighted by atomic mass is 10.0. The van der Waals surface area contributed by atoms with E-state index < -0.39 is 8.07 Å². The molecule has 0 saturated heterocycles. The van der Waals surface area contributed by atoms with E-state index in [0.29, 0.717) is 5.92 Å². The molecule has 0 aromatic heterocycles. The van der Waals surface area contributed by atoms with Gasteiger partial charge in [0.25, 0.3) is 0 Å². The lowest BCUT2D eigenvalue weighted by molar-refractivity contribution is 0.815. The molecule has 0 radical (unpaired) electrons. The van der Waals surface area contributed by atoms with E-state index in [0.717, 1.165) is 6.42 Å². The Balaban J connectivity index is 2.06. The number of hydrogen-bond donors (Lipinski definition) is 0. The van der Waals surface area contributed by atoms with Crippen LogP contribution in [-0.4, -0.2) is 8.07 Å². The van der Waals surface area contributed by atoms with Gasteiger partial charge in [0, 0.05) is 0 Å². The fourth-order valence-corrected chi connectivity index (χ4v) is 3.39. The van der Waals surface area contributed by atoms with Crippen LogP contribution >= 0.6 is 0 Å². The summed E-state index contributed by atoms with van der Waals surface area (Å²) in [5.41, 5.74) is 1.44. The molecule has 1 aliphatic rings. The maximum absolute atomic E-state index is 2.47. The van der Waals surface area contributed by atoms with Gasteiger partial charge in [-0.05, 0) is 17.9 Å². The molecule has 84 valence electrons. The molecule has 1 atom stereocenters. The van der Waals surface area contributed by atoms with Crippen molar-refractivity contribution in [1.82, 2.24) is 0 Å². The van der Waals surface area contributed by atoms with E-state index >= 15 is 0 Å². The zero-order valence-electron chi connectivity index (χ0n) is 10.4. The van der Waals surface area contributed by atoms with Crippen molar-refractivity contribution >= 4 is 8.07 Å². The topological polar surface area (TPSA) is 0 Å². The van der Waals surface area contributed by atoms with Gasteiger partial charge in [0.1, 0.15) is 0 Å². The van der Waals surface area contributed by atoms with Gasteiger partial charge in [-0.25, -0.2) is 0 Å². The highest BCUT2D eigenvalue weighted by Crippen LogP contribution is 2.26. The van der Waals surface area contributed by atoms with E-state index in [9.17, 15) is 0 Å². The lowest BCUT2D eigenvalue weighted by Gasteiger charge is -2.16. The van der Waals surface area contributed by atoms with E-state index in [2.05, 4.69) is 68.2 Å². The summed E-state index contributed by atoms with van der Waals surface area (Å²) in [5, 5.41) is 1.61. The Hall–Kier alpha value is -1.08. The molecular formula is C15H20Si. The highest BCUT2D eigenvalue weighted by molar-refractivity contribution is 6.83. The summed E-state index contributed by atoms with van der Waals surface area (Å²) in [7, 11) is -1.11. The van der Waals surface area contributed by atoms with Crippen LogP contribution in [0.2, 0.25) is 19.6 Å².